The molecule has 0 radical (unpaired) electrons. The number of nitrogens with one attached hydrogen (secondary N) is 1. The topological polar surface area (TPSA) is 68.1 Å². The minimum Gasteiger partial charge on any atom is -0.366 e. The quantitative estimate of drug-likeness (QED) is 0.686. The molecule has 1 heterocycles. The third-order valence-corrected chi connectivity index (χ3v) is 4.41. The number of aryl methyl sites for hydroxylation is 1. The Morgan fingerprint density at radius 2 is 2.10 bits per heavy atom. The monoisotopic (exact) mass is 317 g/mol. The van der Waals surface area contributed by atoms with Gasteiger partial charge in [0.25, 0.3) is 5.69 Å². The Balaban J connectivity index is 2.08. The number of aromatic nitrogens is 1. The number of hydrogen-bond donors (Lipinski definition) is 1. The first-order chi connectivity index (χ1) is 9.72. The van der Waals surface area contributed by atoms with Gasteiger partial charge < -0.3 is 5.32 Å². The first kappa shape index (κ1) is 14.1. The van der Waals surface area contributed by atoms with Gasteiger partial charge in [-0.25, -0.2) is 4.98 Å². The minimum atomic E-state index is -4.44. The summed E-state index contributed by atoms with van der Waals surface area (Å²) in [4.78, 5) is 14.6. The summed E-state index contributed by atoms with van der Waals surface area (Å²) in [7, 11) is 0. The molecule has 1 saturated carbocycles. The van der Waals surface area contributed by atoms with Gasteiger partial charge in [0.05, 0.1) is 20.1 Å². The highest BCUT2D eigenvalue weighted by molar-refractivity contribution is 7.18. The number of rotatable bonds is 3. The van der Waals surface area contributed by atoms with Crippen molar-refractivity contribution in [1.82, 2.24) is 4.98 Å². The van der Waals surface area contributed by atoms with Crippen LogP contribution in [-0.4, -0.2) is 21.6 Å². The molecule has 1 aliphatic carbocycles. The van der Waals surface area contributed by atoms with Crippen LogP contribution in [0, 0.1) is 17.0 Å². The molecule has 1 aliphatic rings. The van der Waals surface area contributed by atoms with E-state index >= 15 is 0 Å². The molecule has 0 unspecified atom stereocenters. The Hall–Kier alpha value is -1.90. The van der Waals surface area contributed by atoms with Gasteiger partial charge in [-0.15, -0.1) is 11.3 Å². The molecule has 0 saturated heterocycles. The molecule has 0 spiro atoms. The van der Waals surface area contributed by atoms with Crippen LogP contribution in [0.1, 0.15) is 17.8 Å². The van der Waals surface area contributed by atoms with Crippen molar-refractivity contribution in [3.8, 4) is 0 Å². The lowest BCUT2D eigenvalue weighted by molar-refractivity contribution is -0.383. The maximum atomic E-state index is 13.0. The second-order valence-corrected chi connectivity index (χ2v) is 6.27. The fourth-order valence-electron chi connectivity index (χ4n) is 2.19. The Morgan fingerprint density at radius 1 is 1.43 bits per heavy atom. The summed E-state index contributed by atoms with van der Waals surface area (Å²) in [5.41, 5.74) is -2.07. The van der Waals surface area contributed by atoms with E-state index in [-0.39, 0.29) is 24.2 Å². The Morgan fingerprint density at radius 3 is 2.62 bits per heavy atom. The van der Waals surface area contributed by atoms with Crippen LogP contribution in [0.3, 0.4) is 0 Å². The van der Waals surface area contributed by atoms with Gasteiger partial charge >= 0.3 is 6.18 Å². The van der Waals surface area contributed by atoms with Crippen molar-refractivity contribution in [3.63, 3.8) is 0 Å². The first-order valence-corrected chi connectivity index (χ1v) is 6.94. The number of anilines is 1. The van der Waals surface area contributed by atoms with Crippen molar-refractivity contribution in [2.45, 2.75) is 31.5 Å². The second-order valence-electron chi connectivity index (χ2n) is 5.03. The number of hydrogen-bond acceptors (Lipinski definition) is 5. The Bertz CT molecular complexity index is 737. The van der Waals surface area contributed by atoms with Gasteiger partial charge in [-0.3, -0.25) is 10.1 Å². The van der Waals surface area contributed by atoms with Gasteiger partial charge in [0, 0.05) is 6.07 Å². The average molecular weight is 317 g/mol. The van der Waals surface area contributed by atoms with E-state index < -0.39 is 16.6 Å². The molecular formula is C12H10F3N3O2S. The van der Waals surface area contributed by atoms with Crippen LogP contribution in [0.2, 0.25) is 0 Å². The van der Waals surface area contributed by atoms with E-state index in [9.17, 15) is 23.3 Å². The minimum absolute atomic E-state index is 0.0816. The van der Waals surface area contributed by atoms with E-state index in [0.717, 1.165) is 0 Å². The van der Waals surface area contributed by atoms with E-state index in [4.69, 9.17) is 0 Å². The molecule has 0 atom stereocenters. The number of nitrogens with zero attached hydrogens (tertiary/aromatic N) is 2. The number of nitro benzene ring substituents is 1. The maximum absolute atomic E-state index is 13.0. The molecule has 0 amide bonds. The zero-order valence-corrected chi connectivity index (χ0v) is 11.6. The molecule has 1 aromatic heterocycles. The van der Waals surface area contributed by atoms with Crippen molar-refractivity contribution in [3.05, 3.63) is 27.3 Å². The molecule has 9 heteroatoms. The summed E-state index contributed by atoms with van der Waals surface area (Å²) in [5, 5.41) is 14.1. The van der Waals surface area contributed by atoms with E-state index in [1.165, 1.54) is 23.5 Å². The molecule has 0 aliphatic heterocycles. The maximum Gasteiger partial charge on any atom is 0.411 e. The number of alkyl halides is 3. The standard InChI is InChI=1S/C12H10F3N3O2S/c1-6-16-8-4-7(9(18(19)20)5-10(8)21-6)17-11(2-3-11)12(13,14)15/h4-5,17H,2-3H2,1H3. The molecule has 1 N–H and O–H groups in total. The highest BCUT2D eigenvalue weighted by Gasteiger charge is 2.64. The van der Waals surface area contributed by atoms with Crippen molar-refractivity contribution in [2.24, 2.45) is 0 Å². The van der Waals surface area contributed by atoms with Crippen LogP contribution in [0.25, 0.3) is 10.2 Å². The number of nitro groups is 1. The molecule has 3 rings (SSSR count). The largest absolute Gasteiger partial charge is 0.411 e. The van der Waals surface area contributed by atoms with Crippen molar-refractivity contribution < 1.29 is 18.1 Å². The summed E-state index contributed by atoms with van der Waals surface area (Å²) in [6.45, 7) is 1.74. The van der Waals surface area contributed by atoms with E-state index in [0.29, 0.717) is 15.2 Å². The molecule has 0 bridgehead atoms. The van der Waals surface area contributed by atoms with Gasteiger partial charge in [0.1, 0.15) is 11.2 Å². The number of halogens is 3. The number of benzene rings is 1. The van der Waals surface area contributed by atoms with Crippen LogP contribution in [0.15, 0.2) is 12.1 Å². The highest BCUT2D eigenvalue weighted by atomic mass is 32.1. The zero-order valence-electron chi connectivity index (χ0n) is 10.8. The molecule has 5 nitrogen and oxygen atoms in total. The van der Waals surface area contributed by atoms with Crippen LogP contribution < -0.4 is 5.32 Å². The average Bonchev–Trinajstić information content (AvgIpc) is 3.03. The lowest BCUT2D eigenvalue weighted by Crippen LogP contribution is -2.38. The first-order valence-electron chi connectivity index (χ1n) is 6.12. The summed E-state index contributed by atoms with van der Waals surface area (Å²) in [6, 6.07) is 2.59. The van der Waals surface area contributed by atoms with Crippen molar-refractivity contribution in [1.29, 1.82) is 0 Å². The van der Waals surface area contributed by atoms with Crippen LogP contribution in [0.4, 0.5) is 24.5 Å². The molecule has 1 aromatic carbocycles. The zero-order chi connectivity index (χ0) is 15.4. The summed E-state index contributed by atoms with van der Waals surface area (Å²) in [6.07, 6.45) is -4.60. The van der Waals surface area contributed by atoms with E-state index in [1.807, 2.05) is 0 Å². The van der Waals surface area contributed by atoms with Gasteiger partial charge in [-0.2, -0.15) is 13.2 Å². The SMILES string of the molecule is Cc1nc2cc(NC3(C(F)(F)F)CC3)c([N+](=O)[O-])cc2s1. The molecule has 2 aromatic rings. The van der Waals surface area contributed by atoms with Crippen LogP contribution in [0.5, 0.6) is 0 Å². The van der Waals surface area contributed by atoms with Gasteiger partial charge in [0.2, 0.25) is 0 Å². The predicted octanol–water partition coefficient (Wildman–Crippen LogP) is 4.02. The van der Waals surface area contributed by atoms with Gasteiger partial charge in [0.15, 0.2) is 0 Å². The van der Waals surface area contributed by atoms with E-state index in [2.05, 4.69) is 10.3 Å². The smallest absolute Gasteiger partial charge is 0.366 e. The number of fused-ring (bicyclic) bond motifs is 1. The lowest BCUT2D eigenvalue weighted by atomic mass is 10.2. The molecule has 21 heavy (non-hydrogen) atoms. The van der Waals surface area contributed by atoms with Crippen LogP contribution >= 0.6 is 11.3 Å². The second kappa shape index (κ2) is 4.30. The van der Waals surface area contributed by atoms with Crippen LogP contribution in [-0.2, 0) is 0 Å². The third kappa shape index (κ3) is 2.31. The Labute approximate surface area is 120 Å². The lowest BCUT2D eigenvalue weighted by Gasteiger charge is -2.21. The molecule has 1 fully saturated rings. The fraction of sp³-hybridized carbons (Fsp3) is 0.417. The van der Waals surface area contributed by atoms with E-state index in [1.54, 1.807) is 6.92 Å². The Kier molecular flexibility index (Phi) is 2.88. The number of thiazole rings is 1. The van der Waals surface area contributed by atoms with Crippen molar-refractivity contribution in [2.75, 3.05) is 5.32 Å². The summed E-state index contributed by atoms with van der Waals surface area (Å²) < 4.78 is 39.5. The summed E-state index contributed by atoms with van der Waals surface area (Å²) >= 11 is 1.27. The summed E-state index contributed by atoms with van der Waals surface area (Å²) in [5.74, 6) is 0. The third-order valence-electron chi connectivity index (χ3n) is 3.48. The van der Waals surface area contributed by atoms with Crippen molar-refractivity contribution >= 4 is 32.9 Å². The highest BCUT2D eigenvalue weighted by Crippen LogP contribution is 2.52. The fourth-order valence-corrected chi connectivity index (χ4v) is 3.03. The molecule has 112 valence electrons. The normalized spacial score (nSPS) is 17.0. The predicted molar refractivity (Wildman–Crippen MR) is 72.7 cm³/mol. The van der Waals surface area contributed by atoms with Gasteiger partial charge in [-0.1, -0.05) is 0 Å². The molecular weight excluding hydrogens is 307 g/mol. The van der Waals surface area contributed by atoms with Gasteiger partial charge in [-0.05, 0) is 25.8 Å².